The van der Waals surface area contributed by atoms with Gasteiger partial charge in [0.25, 0.3) is 0 Å². The van der Waals surface area contributed by atoms with Crippen molar-refractivity contribution in [2.45, 2.75) is 31.8 Å². The molecule has 3 atom stereocenters. The Morgan fingerprint density at radius 3 is 2.41 bits per heavy atom. The SMILES string of the molecule is CCC(CN)(COC)N1CC(C)C(N(C)C)C1. The predicted octanol–water partition coefficient (Wildman–Crippen LogP) is 0.622. The van der Waals surface area contributed by atoms with Gasteiger partial charge in [0.05, 0.1) is 12.1 Å². The third kappa shape index (κ3) is 2.99. The minimum Gasteiger partial charge on any atom is -0.383 e. The van der Waals surface area contributed by atoms with Crippen molar-refractivity contribution in [2.24, 2.45) is 11.7 Å². The summed E-state index contributed by atoms with van der Waals surface area (Å²) in [6.45, 7) is 8.16. The molecule has 1 aliphatic heterocycles. The molecule has 4 heteroatoms. The molecule has 0 aromatic carbocycles. The van der Waals surface area contributed by atoms with E-state index in [4.69, 9.17) is 10.5 Å². The summed E-state index contributed by atoms with van der Waals surface area (Å²) in [5.41, 5.74) is 6.04. The van der Waals surface area contributed by atoms with Crippen molar-refractivity contribution in [1.29, 1.82) is 0 Å². The molecule has 4 nitrogen and oxygen atoms in total. The maximum atomic E-state index is 6.02. The summed E-state index contributed by atoms with van der Waals surface area (Å²) in [6, 6.07) is 0.629. The maximum absolute atomic E-state index is 6.02. The highest BCUT2D eigenvalue weighted by Crippen LogP contribution is 2.29. The molecule has 1 saturated heterocycles. The van der Waals surface area contributed by atoms with Gasteiger partial charge in [-0.1, -0.05) is 13.8 Å². The standard InChI is InChI=1S/C13H29N3O/c1-6-13(9-14,10-17-5)16-7-11(2)12(8-16)15(3)4/h11-12H,6-10,14H2,1-5H3. The summed E-state index contributed by atoms with van der Waals surface area (Å²) in [4.78, 5) is 4.86. The first-order chi connectivity index (χ1) is 8.00. The molecule has 1 heterocycles. The lowest BCUT2D eigenvalue weighted by atomic mass is 9.95. The first-order valence-electron chi connectivity index (χ1n) is 6.61. The van der Waals surface area contributed by atoms with Gasteiger partial charge in [0.2, 0.25) is 0 Å². The molecule has 1 aliphatic rings. The van der Waals surface area contributed by atoms with Crippen molar-refractivity contribution in [3.63, 3.8) is 0 Å². The quantitative estimate of drug-likeness (QED) is 0.743. The molecular formula is C13H29N3O. The van der Waals surface area contributed by atoms with Crippen molar-refractivity contribution >= 4 is 0 Å². The average Bonchev–Trinajstić information content (AvgIpc) is 2.69. The molecule has 0 saturated carbocycles. The number of nitrogens with two attached hydrogens (primary N) is 1. The number of nitrogens with zero attached hydrogens (tertiary/aromatic N) is 2. The molecule has 2 N–H and O–H groups in total. The zero-order valence-electron chi connectivity index (χ0n) is 12.1. The van der Waals surface area contributed by atoms with Gasteiger partial charge in [-0.15, -0.1) is 0 Å². The molecule has 0 aliphatic carbocycles. The van der Waals surface area contributed by atoms with Crippen LogP contribution in [0.5, 0.6) is 0 Å². The molecule has 0 bridgehead atoms. The lowest BCUT2D eigenvalue weighted by Crippen LogP contribution is -2.56. The summed E-state index contributed by atoms with van der Waals surface area (Å²) in [5, 5.41) is 0. The van der Waals surface area contributed by atoms with Gasteiger partial charge in [0.15, 0.2) is 0 Å². The second kappa shape index (κ2) is 6.14. The third-order valence-electron chi connectivity index (χ3n) is 4.36. The van der Waals surface area contributed by atoms with Gasteiger partial charge in [-0.3, -0.25) is 4.90 Å². The number of hydrogen-bond acceptors (Lipinski definition) is 4. The van der Waals surface area contributed by atoms with Crippen LogP contribution in [-0.2, 0) is 4.74 Å². The smallest absolute Gasteiger partial charge is 0.0658 e. The Kier molecular flexibility index (Phi) is 5.38. The highest BCUT2D eigenvalue weighted by molar-refractivity contribution is 4.98. The van der Waals surface area contributed by atoms with Crippen molar-refractivity contribution < 1.29 is 4.74 Å². The number of ether oxygens (including phenoxy) is 1. The molecule has 1 fully saturated rings. The Labute approximate surface area is 106 Å². The molecule has 0 aromatic heterocycles. The van der Waals surface area contributed by atoms with Crippen LogP contribution in [0.1, 0.15) is 20.3 Å². The van der Waals surface area contributed by atoms with Gasteiger partial charge >= 0.3 is 0 Å². The fourth-order valence-electron chi connectivity index (χ4n) is 3.03. The maximum Gasteiger partial charge on any atom is 0.0658 e. The van der Waals surface area contributed by atoms with Crippen LogP contribution in [0.2, 0.25) is 0 Å². The number of likely N-dealkylation sites (tertiary alicyclic amines) is 1. The zero-order valence-corrected chi connectivity index (χ0v) is 12.1. The Morgan fingerprint density at radius 1 is 1.41 bits per heavy atom. The molecule has 0 radical (unpaired) electrons. The van der Waals surface area contributed by atoms with Gasteiger partial charge in [0, 0.05) is 32.8 Å². The largest absolute Gasteiger partial charge is 0.383 e. The molecule has 3 unspecified atom stereocenters. The van der Waals surface area contributed by atoms with Gasteiger partial charge in [-0.05, 0) is 26.4 Å². The molecule has 0 amide bonds. The van der Waals surface area contributed by atoms with Gasteiger partial charge < -0.3 is 15.4 Å². The third-order valence-corrected chi connectivity index (χ3v) is 4.36. The van der Waals surface area contributed by atoms with Crippen LogP contribution in [0.25, 0.3) is 0 Å². The van der Waals surface area contributed by atoms with Crippen LogP contribution in [0.15, 0.2) is 0 Å². The average molecular weight is 243 g/mol. The lowest BCUT2D eigenvalue weighted by molar-refractivity contribution is 0.0222. The molecule has 17 heavy (non-hydrogen) atoms. The topological polar surface area (TPSA) is 41.7 Å². The van der Waals surface area contributed by atoms with E-state index in [0.29, 0.717) is 18.5 Å². The normalized spacial score (nSPS) is 29.8. The van der Waals surface area contributed by atoms with E-state index in [1.807, 2.05) is 0 Å². The van der Waals surface area contributed by atoms with Gasteiger partial charge in [0.1, 0.15) is 0 Å². The minimum absolute atomic E-state index is 0.0216. The monoisotopic (exact) mass is 243 g/mol. The van der Waals surface area contributed by atoms with E-state index < -0.39 is 0 Å². The number of likely N-dealkylation sites (N-methyl/N-ethyl adjacent to an activating group) is 1. The number of methoxy groups -OCH3 is 1. The van der Waals surface area contributed by atoms with Crippen LogP contribution >= 0.6 is 0 Å². The summed E-state index contributed by atoms with van der Waals surface area (Å²) < 4.78 is 5.40. The van der Waals surface area contributed by atoms with Crippen molar-refractivity contribution in [1.82, 2.24) is 9.80 Å². The molecule has 1 rings (SSSR count). The highest BCUT2D eigenvalue weighted by atomic mass is 16.5. The van der Waals surface area contributed by atoms with Gasteiger partial charge in [-0.2, -0.15) is 0 Å². The van der Waals surface area contributed by atoms with Crippen LogP contribution in [-0.4, -0.2) is 68.8 Å². The van der Waals surface area contributed by atoms with E-state index in [9.17, 15) is 0 Å². The van der Waals surface area contributed by atoms with Crippen molar-refractivity contribution in [3.05, 3.63) is 0 Å². The fourth-order valence-corrected chi connectivity index (χ4v) is 3.03. The Hall–Kier alpha value is -0.160. The summed E-state index contributed by atoms with van der Waals surface area (Å²) >= 11 is 0. The van der Waals surface area contributed by atoms with Crippen molar-refractivity contribution in [3.8, 4) is 0 Å². The van der Waals surface area contributed by atoms with E-state index in [2.05, 4.69) is 37.7 Å². The first-order valence-corrected chi connectivity index (χ1v) is 6.61. The number of hydrogen-bond donors (Lipinski definition) is 1. The van der Waals surface area contributed by atoms with Crippen LogP contribution < -0.4 is 5.73 Å². The van der Waals surface area contributed by atoms with Crippen LogP contribution in [0.4, 0.5) is 0 Å². The summed E-state index contributed by atoms with van der Waals surface area (Å²) in [5.74, 6) is 0.694. The van der Waals surface area contributed by atoms with E-state index in [0.717, 1.165) is 26.1 Å². The first kappa shape index (κ1) is 14.9. The summed E-state index contributed by atoms with van der Waals surface area (Å²) in [7, 11) is 6.09. The second-order valence-electron chi connectivity index (χ2n) is 5.63. The molecular weight excluding hydrogens is 214 g/mol. The molecule has 0 aromatic rings. The van der Waals surface area contributed by atoms with E-state index >= 15 is 0 Å². The van der Waals surface area contributed by atoms with Crippen molar-refractivity contribution in [2.75, 3.05) is 47.4 Å². The van der Waals surface area contributed by atoms with Crippen LogP contribution in [0.3, 0.4) is 0 Å². The zero-order chi connectivity index (χ0) is 13.1. The highest BCUT2D eigenvalue weighted by Gasteiger charge is 2.42. The van der Waals surface area contributed by atoms with Crippen LogP contribution in [0, 0.1) is 5.92 Å². The Bertz CT molecular complexity index is 229. The van der Waals surface area contributed by atoms with E-state index in [1.165, 1.54) is 0 Å². The molecule has 0 spiro atoms. The van der Waals surface area contributed by atoms with E-state index in [1.54, 1.807) is 7.11 Å². The lowest BCUT2D eigenvalue weighted by Gasteiger charge is -2.40. The number of rotatable bonds is 6. The summed E-state index contributed by atoms with van der Waals surface area (Å²) in [6.07, 6.45) is 1.05. The van der Waals surface area contributed by atoms with Gasteiger partial charge in [-0.25, -0.2) is 0 Å². The Balaban J connectivity index is 2.78. The van der Waals surface area contributed by atoms with E-state index in [-0.39, 0.29) is 5.54 Å². The fraction of sp³-hybridized carbons (Fsp3) is 1.00. The Morgan fingerprint density at radius 2 is 2.06 bits per heavy atom. The molecule has 102 valence electrons. The second-order valence-corrected chi connectivity index (χ2v) is 5.63. The minimum atomic E-state index is 0.0216. The predicted molar refractivity (Wildman–Crippen MR) is 72.2 cm³/mol.